The number of carbonyl (C=O) groups excluding carboxylic acids is 1. The fourth-order valence-corrected chi connectivity index (χ4v) is 1.43. The summed E-state index contributed by atoms with van der Waals surface area (Å²) >= 11 is 0. The molecule has 76 valence electrons. The van der Waals surface area contributed by atoms with Gasteiger partial charge in [0.05, 0.1) is 6.10 Å². The van der Waals surface area contributed by atoms with Gasteiger partial charge in [-0.15, -0.1) is 0 Å². The highest BCUT2D eigenvalue weighted by Gasteiger charge is 2.28. The Hall–Kier alpha value is -0.610. The molecule has 0 spiro atoms. The van der Waals surface area contributed by atoms with Crippen molar-refractivity contribution in [2.75, 3.05) is 6.54 Å². The third kappa shape index (κ3) is 3.32. The summed E-state index contributed by atoms with van der Waals surface area (Å²) in [5, 5.41) is 3.27. The van der Waals surface area contributed by atoms with E-state index in [1.165, 1.54) is 0 Å². The van der Waals surface area contributed by atoms with Gasteiger partial charge in [0.2, 0.25) is 5.91 Å². The molecule has 0 radical (unpaired) electrons. The molecule has 2 atom stereocenters. The molecule has 1 aliphatic heterocycles. The summed E-state index contributed by atoms with van der Waals surface area (Å²) in [5.74, 6) is -0.341. The molecule has 1 amide bonds. The maximum atomic E-state index is 10.8. The summed E-state index contributed by atoms with van der Waals surface area (Å²) in [5.41, 5.74) is 5.13. The van der Waals surface area contributed by atoms with Crippen LogP contribution in [0.3, 0.4) is 0 Å². The maximum absolute atomic E-state index is 10.8. The molecule has 3 N–H and O–H groups in total. The molecule has 1 heterocycles. The van der Waals surface area contributed by atoms with Crippen molar-refractivity contribution in [3.05, 3.63) is 0 Å². The molecule has 1 saturated heterocycles. The number of hydrogen-bond donors (Lipinski definition) is 2. The smallest absolute Gasteiger partial charge is 0.246 e. The predicted molar refractivity (Wildman–Crippen MR) is 50.2 cm³/mol. The molecule has 0 saturated carbocycles. The van der Waals surface area contributed by atoms with Gasteiger partial charge in [0, 0.05) is 12.6 Å². The SMILES string of the molecule is CC(C)NCC1CCC(C(N)=O)O1. The Morgan fingerprint density at radius 3 is 2.77 bits per heavy atom. The zero-order valence-electron chi connectivity index (χ0n) is 8.25. The predicted octanol–water partition coefficient (Wildman–Crippen LogP) is 0.0173. The number of ether oxygens (including phenoxy) is 1. The second-order valence-electron chi connectivity index (χ2n) is 3.79. The number of hydrogen-bond acceptors (Lipinski definition) is 3. The molecule has 0 aromatic rings. The van der Waals surface area contributed by atoms with E-state index in [-0.39, 0.29) is 18.1 Å². The van der Waals surface area contributed by atoms with Crippen LogP contribution in [0.2, 0.25) is 0 Å². The molecule has 4 nitrogen and oxygen atoms in total. The first-order chi connectivity index (χ1) is 6.09. The van der Waals surface area contributed by atoms with E-state index < -0.39 is 0 Å². The second kappa shape index (κ2) is 4.58. The van der Waals surface area contributed by atoms with Crippen molar-refractivity contribution in [2.45, 2.75) is 44.9 Å². The van der Waals surface area contributed by atoms with Crippen LogP contribution in [-0.2, 0) is 9.53 Å². The van der Waals surface area contributed by atoms with E-state index >= 15 is 0 Å². The van der Waals surface area contributed by atoms with Gasteiger partial charge in [-0.3, -0.25) is 4.79 Å². The molecule has 1 rings (SSSR count). The lowest BCUT2D eigenvalue weighted by Crippen LogP contribution is -2.34. The third-order valence-corrected chi connectivity index (χ3v) is 2.18. The van der Waals surface area contributed by atoms with Gasteiger partial charge in [-0.05, 0) is 12.8 Å². The molecule has 13 heavy (non-hydrogen) atoms. The van der Waals surface area contributed by atoms with Gasteiger partial charge in [-0.2, -0.15) is 0 Å². The van der Waals surface area contributed by atoms with Crippen LogP contribution >= 0.6 is 0 Å². The molecular weight excluding hydrogens is 168 g/mol. The largest absolute Gasteiger partial charge is 0.367 e. The molecular formula is C9H18N2O2. The first-order valence-corrected chi connectivity index (χ1v) is 4.77. The lowest BCUT2D eigenvalue weighted by atomic mass is 10.2. The van der Waals surface area contributed by atoms with E-state index in [1.54, 1.807) is 0 Å². The van der Waals surface area contributed by atoms with E-state index in [2.05, 4.69) is 19.2 Å². The average molecular weight is 186 g/mol. The van der Waals surface area contributed by atoms with Crippen molar-refractivity contribution >= 4 is 5.91 Å². The Morgan fingerprint density at radius 1 is 1.62 bits per heavy atom. The normalized spacial score (nSPS) is 28.2. The number of amides is 1. The molecule has 0 aromatic heterocycles. The highest BCUT2D eigenvalue weighted by atomic mass is 16.5. The summed E-state index contributed by atoms with van der Waals surface area (Å²) in [4.78, 5) is 10.8. The fraction of sp³-hybridized carbons (Fsp3) is 0.889. The number of nitrogens with one attached hydrogen (secondary N) is 1. The van der Waals surface area contributed by atoms with Crippen LogP contribution < -0.4 is 11.1 Å². The minimum Gasteiger partial charge on any atom is -0.367 e. The molecule has 0 aromatic carbocycles. The van der Waals surface area contributed by atoms with E-state index in [9.17, 15) is 4.79 Å². The molecule has 1 fully saturated rings. The summed E-state index contributed by atoms with van der Waals surface area (Å²) in [6.45, 7) is 4.97. The van der Waals surface area contributed by atoms with Crippen LogP contribution in [-0.4, -0.2) is 30.7 Å². The Bertz CT molecular complexity index is 182. The molecule has 1 aliphatic rings. The van der Waals surface area contributed by atoms with Gasteiger partial charge < -0.3 is 15.8 Å². The van der Waals surface area contributed by atoms with Gasteiger partial charge in [-0.25, -0.2) is 0 Å². The van der Waals surface area contributed by atoms with Crippen LogP contribution in [0.1, 0.15) is 26.7 Å². The lowest BCUT2D eigenvalue weighted by Gasteiger charge is -2.14. The Kier molecular flexibility index (Phi) is 3.69. The van der Waals surface area contributed by atoms with Gasteiger partial charge in [-0.1, -0.05) is 13.8 Å². The minimum atomic E-state index is -0.362. The molecule has 2 unspecified atom stereocenters. The van der Waals surface area contributed by atoms with Gasteiger partial charge in [0.15, 0.2) is 0 Å². The van der Waals surface area contributed by atoms with Crippen molar-refractivity contribution in [2.24, 2.45) is 5.73 Å². The van der Waals surface area contributed by atoms with Crippen molar-refractivity contribution in [1.29, 1.82) is 0 Å². The number of rotatable bonds is 4. The zero-order chi connectivity index (χ0) is 9.84. The summed E-state index contributed by atoms with van der Waals surface area (Å²) in [7, 11) is 0. The van der Waals surface area contributed by atoms with Crippen LogP contribution in [0.15, 0.2) is 0 Å². The third-order valence-electron chi connectivity index (χ3n) is 2.18. The number of primary amides is 1. The van der Waals surface area contributed by atoms with Crippen LogP contribution in [0.25, 0.3) is 0 Å². The van der Waals surface area contributed by atoms with Crippen LogP contribution in [0, 0.1) is 0 Å². The summed E-state index contributed by atoms with van der Waals surface area (Å²) in [6, 6.07) is 0.455. The van der Waals surface area contributed by atoms with Crippen molar-refractivity contribution in [3.63, 3.8) is 0 Å². The molecule has 4 heteroatoms. The van der Waals surface area contributed by atoms with E-state index in [4.69, 9.17) is 10.5 Å². The van der Waals surface area contributed by atoms with Crippen molar-refractivity contribution < 1.29 is 9.53 Å². The first kappa shape index (κ1) is 10.5. The minimum absolute atomic E-state index is 0.153. The van der Waals surface area contributed by atoms with Gasteiger partial charge in [0.25, 0.3) is 0 Å². The van der Waals surface area contributed by atoms with Crippen molar-refractivity contribution in [3.8, 4) is 0 Å². The molecule has 0 bridgehead atoms. The highest BCUT2D eigenvalue weighted by molar-refractivity contribution is 5.79. The van der Waals surface area contributed by atoms with Crippen molar-refractivity contribution in [1.82, 2.24) is 5.32 Å². The van der Waals surface area contributed by atoms with Gasteiger partial charge in [0.1, 0.15) is 6.10 Å². The lowest BCUT2D eigenvalue weighted by molar-refractivity contribution is -0.128. The maximum Gasteiger partial charge on any atom is 0.246 e. The fourth-order valence-electron chi connectivity index (χ4n) is 1.43. The van der Waals surface area contributed by atoms with E-state index in [1.807, 2.05) is 0 Å². The van der Waals surface area contributed by atoms with Crippen LogP contribution in [0.5, 0.6) is 0 Å². The molecule has 0 aliphatic carbocycles. The summed E-state index contributed by atoms with van der Waals surface area (Å²) < 4.78 is 5.44. The van der Waals surface area contributed by atoms with E-state index in [0.717, 1.165) is 19.4 Å². The average Bonchev–Trinajstić information content (AvgIpc) is 2.48. The Morgan fingerprint density at radius 2 is 2.31 bits per heavy atom. The number of carbonyl (C=O) groups is 1. The van der Waals surface area contributed by atoms with E-state index in [0.29, 0.717) is 6.04 Å². The first-order valence-electron chi connectivity index (χ1n) is 4.77. The standard InChI is InChI=1S/C9H18N2O2/c1-6(2)11-5-7-3-4-8(13-7)9(10)12/h6-8,11H,3-5H2,1-2H3,(H2,10,12). The highest BCUT2D eigenvalue weighted by Crippen LogP contribution is 2.18. The monoisotopic (exact) mass is 186 g/mol. The van der Waals surface area contributed by atoms with Gasteiger partial charge >= 0.3 is 0 Å². The Labute approximate surface area is 78.8 Å². The van der Waals surface area contributed by atoms with Crippen LogP contribution in [0.4, 0.5) is 0 Å². The quantitative estimate of drug-likeness (QED) is 0.650. The topological polar surface area (TPSA) is 64.3 Å². The second-order valence-corrected chi connectivity index (χ2v) is 3.79. The summed E-state index contributed by atoms with van der Waals surface area (Å²) in [6.07, 6.45) is 1.48. The Balaban J connectivity index is 2.21. The number of nitrogens with two attached hydrogens (primary N) is 1. The zero-order valence-corrected chi connectivity index (χ0v) is 8.25.